The number of fused-ring (bicyclic) bond motifs is 6. The molecule has 0 aromatic heterocycles. The Kier molecular flexibility index (Phi) is 17.3. The summed E-state index contributed by atoms with van der Waals surface area (Å²) in [4.78, 5) is 7.23. The highest BCUT2D eigenvalue weighted by molar-refractivity contribution is 7.98. The van der Waals surface area contributed by atoms with Crippen LogP contribution in [-0.4, -0.2) is 14.2 Å². The second-order valence-corrected chi connectivity index (χ2v) is 27.6. The van der Waals surface area contributed by atoms with Crippen LogP contribution in [-0.2, 0) is 22.3 Å². The lowest BCUT2D eigenvalue weighted by atomic mass is 9.67. The second kappa shape index (κ2) is 27.4. The van der Waals surface area contributed by atoms with Gasteiger partial charge in [0.1, 0.15) is 11.5 Å². The zero-order valence-electron chi connectivity index (χ0n) is 55.8. The highest BCUT2D eigenvalue weighted by Crippen LogP contribution is 2.60. The van der Waals surface area contributed by atoms with Crippen molar-refractivity contribution in [3.05, 3.63) is 420 Å². The van der Waals surface area contributed by atoms with E-state index in [0.29, 0.717) is 0 Å². The first-order valence-corrected chi connectivity index (χ1v) is 35.9. The van der Waals surface area contributed by atoms with E-state index < -0.39 is 10.8 Å². The Balaban J connectivity index is 0.745. The van der Waals surface area contributed by atoms with E-state index >= 15 is 0 Å². The number of rotatable bonds is 21. The molecule has 0 saturated carbocycles. The van der Waals surface area contributed by atoms with Gasteiger partial charge in [-0.25, -0.2) is 0 Å². The van der Waals surface area contributed by atoms with Crippen molar-refractivity contribution in [2.45, 2.75) is 32.1 Å². The molecule has 14 aromatic rings. The molecule has 0 amide bonds. The number of benzene rings is 14. The Morgan fingerprint density at radius 3 is 0.960 bits per heavy atom. The predicted octanol–water partition coefficient (Wildman–Crippen LogP) is 24.9. The van der Waals surface area contributed by atoms with Crippen LogP contribution in [0.3, 0.4) is 0 Å². The lowest BCUT2D eigenvalue weighted by Crippen LogP contribution is -2.28. The Labute approximate surface area is 595 Å². The SMILES string of the molecule is C=Cc1ccc(CSc2ccc(C3(c4ccc(OC)cc4)c4ccccc4-c4ccc(N(c5ccccc5)c5ccc(-c6ccc(N(c7ccccc7)c7ccc8c(c7)C(c7ccc(OC)cc7)(c7ccc(SCc9ccc(C=C)cc9)cc7)c7ccccc7-8)cc6)cc5)cc43)cc2)cc1. The molecule has 0 bridgehead atoms. The molecule has 4 nitrogen and oxygen atoms in total. The Bertz CT molecular complexity index is 4920. The van der Waals surface area contributed by atoms with Crippen LogP contribution in [0.1, 0.15) is 66.8 Å². The van der Waals surface area contributed by atoms with E-state index in [-0.39, 0.29) is 0 Å². The van der Waals surface area contributed by atoms with Gasteiger partial charge in [0.15, 0.2) is 0 Å². The molecule has 14 aromatic carbocycles. The maximum atomic E-state index is 5.79. The topological polar surface area (TPSA) is 24.9 Å². The summed E-state index contributed by atoms with van der Waals surface area (Å²) in [6, 6.07) is 125. The Morgan fingerprint density at radius 1 is 0.300 bits per heavy atom. The summed E-state index contributed by atoms with van der Waals surface area (Å²) in [6.07, 6.45) is 3.78. The number of anilines is 6. The normalized spacial score (nSPS) is 14.6. The monoisotopic (exact) mass is 1320 g/mol. The molecule has 2 unspecified atom stereocenters. The molecule has 0 spiro atoms. The number of hydrogen-bond acceptors (Lipinski definition) is 6. The summed E-state index contributed by atoms with van der Waals surface area (Å²) in [5.74, 6) is 3.39. The van der Waals surface area contributed by atoms with Gasteiger partial charge in [0.2, 0.25) is 0 Å². The van der Waals surface area contributed by atoms with Gasteiger partial charge in [-0.15, -0.1) is 23.5 Å². The maximum absolute atomic E-state index is 5.79. The van der Waals surface area contributed by atoms with E-state index in [4.69, 9.17) is 9.47 Å². The third kappa shape index (κ3) is 11.5. The molecule has 482 valence electrons. The van der Waals surface area contributed by atoms with Crippen LogP contribution < -0.4 is 19.3 Å². The van der Waals surface area contributed by atoms with Gasteiger partial charge in [-0.2, -0.15) is 0 Å². The second-order valence-electron chi connectivity index (χ2n) is 25.5. The molecule has 2 atom stereocenters. The number of thioether (sulfide) groups is 2. The summed E-state index contributed by atoms with van der Waals surface area (Å²) in [6.45, 7) is 7.89. The molecule has 16 rings (SSSR count). The van der Waals surface area contributed by atoms with Crippen molar-refractivity contribution in [1.82, 2.24) is 0 Å². The minimum atomic E-state index is -0.645. The Morgan fingerprint density at radius 2 is 0.610 bits per heavy atom. The molecule has 6 heteroatoms. The highest BCUT2D eigenvalue weighted by Gasteiger charge is 2.48. The first-order valence-electron chi connectivity index (χ1n) is 33.9. The van der Waals surface area contributed by atoms with Crippen LogP contribution in [0.25, 0.3) is 45.5 Å². The molecule has 0 N–H and O–H groups in total. The standard InChI is InChI=1S/C94H72N2O2S2/c1-5-65-25-29-67(30-26-65)63-99-83-55-41-73(42-56-83)93(71-37-51-81(97-3)52-38-71)89-23-15-13-21-85(89)87-59-49-79(61-91(87)93)95(75-17-9-7-10-18-75)77-45-33-69(34-46-77)70-35-47-78(48-36-70)96(76-19-11-8-12-20-76)80-50-60-88-86-22-14-16-24-90(86)94(92(88)62-80,72-39-53-82(98-4)54-40-72)74-43-57-84(58-44-74)100-64-68-31-27-66(6-2)28-32-68/h5-62H,1-2,63-64H2,3-4H3. The molecule has 2 aliphatic carbocycles. The third-order valence-corrected chi connectivity index (χ3v) is 22.2. The van der Waals surface area contributed by atoms with Crippen molar-refractivity contribution in [2.75, 3.05) is 24.0 Å². The molecule has 2 aliphatic rings. The summed E-state index contributed by atoms with van der Waals surface area (Å²) in [7, 11) is 3.47. The van der Waals surface area contributed by atoms with E-state index in [9.17, 15) is 0 Å². The molecular formula is C94H72N2O2S2. The van der Waals surface area contributed by atoms with Crippen molar-refractivity contribution in [2.24, 2.45) is 0 Å². The lowest BCUT2D eigenvalue weighted by molar-refractivity contribution is 0.414. The molecule has 0 fully saturated rings. The van der Waals surface area contributed by atoms with Crippen molar-refractivity contribution >= 4 is 69.8 Å². The molecule has 0 saturated heterocycles. The van der Waals surface area contributed by atoms with Gasteiger partial charge in [0, 0.05) is 55.4 Å². The van der Waals surface area contributed by atoms with Crippen molar-refractivity contribution in [3.63, 3.8) is 0 Å². The molecule has 100 heavy (non-hydrogen) atoms. The van der Waals surface area contributed by atoms with Gasteiger partial charge in [-0.3, -0.25) is 0 Å². The average Bonchev–Trinajstić information content (AvgIpc) is 1.54. The molecule has 0 heterocycles. The zero-order valence-corrected chi connectivity index (χ0v) is 57.5. The van der Waals surface area contributed by atoms with Gasteiger partial charge in [0.05, 0.1) is 25.0 Å². The Hall–Kier alpha value is -11.5. The van der Waals surface area contributed by atoms with Crippen molar-refractivity contribution < 1.29 is 9.47 Å². The number of para-hydroxylation sites is 2. The predicted molar refractivity (Wildman–Crippen MR) is 421 cm³/mol. The quantitative estimate of drug-likeness (QED) is 0.0665. The summed E-state index contributed by atoms with van der Waals surface area (Å²) in [5, 5.41) is 0. The first kappa shape index (κ1) is 63.2. The van der Waals surface area contributed by atoms with Crippen molar-refractivity contribution in [3.8, 4) is 44.9 Å². The van der Waals surface area contributed by atoms with Crippen molar-refractivity contribution in [1.29, 1.82) is 0 Å². The first-order chi connectivity index (χ1) is 49.3. The van der Waals surface area contributed by atoms with E-state index in [0.717, 1.165) is 79.4 Å². The maximum Gasteiger partial charge on any atom is 0.118 e. The lowest BCUT2D eigenvalue weighted by Gasteiger charge is -2.35. The van der Waals surface area contributed by atoms with Crippen LogP contribution in [0.5, 0.6) is 11.5 Å². The van der Waals surface area contributed by atoms with E-state index in [1.807, 2.05) is 35.7 Å². The van der Waals surface area contributed by atoms with Crippen LogP contribution in [0.4, 0.5) is 34.1 Å². The number of nitrogens with zero attached hydrogens (tertiary/aromatic N) is 2. The van der Waals surface area contributed by atoms with Crippen LogP contribution in [0.15, 0.2) is 363 Å². The number of methoxy groups -OCH3 is 2. The van der Waals surface area contributed by atoms with E-state index in [2.05, 4.69) is 363 Å². The van der Waals surface area contributed by atoms with Gasteiger partial charge in [0.25, 0.3) is 0 Å². The summed E-state index contributed by atoms with van der Waals surface area (Å²) >= 11 is 3.71. The minimum absolute atomic E-state index is 0.645. The highest BCUT2D eigenvalue weighted by atomic mass is 32.2. The number of hydrogen-bond donors (Lipinski definition) is 0. The molecule has 0 radical (unpaired) electrons. The van der Waals surface area contributed by atoms with Crippen LogP contribution in [0.2, 0.25) is 0 Å². The smallest absolute Gasteiger partial charge is 0.118 e. The summed E-state index contributed by atoms with van der Waals surface area (Å²) < 4.78 is 11.6. The van der Waals surface area contributed by atoms with Gasteiger partial charge >= 0.3 is 0 Å². The third-order valence-electron chi connectivity index (χ3n) is 20.0. The zero-order chi connectivity index (χ0) is 67.6. The van der Waals surface area contributed by atoms with Gasteiger partial charge in [-0.1, -0.05) is 244 Å². The minimum Gasteiger partial charge on any atom is -0.497 e. The number of ether oxygens (including phenoxy) is 2. The van der Waals surface area contributed by atoms with Gasteiger partial charge < -0.3 is 19.3 Å². The summed E-state index contributed by atoms with van der Waals surface area (Å²) in [5.41, 5.74) is 26.8. The molecule has 0 aliphatic heterocycles. The van der Waals surface area contributed by atoms with E-state index in [1.165, 1.54) is 87.7 Å². The van der Waals surface area contributed by atoms with Crippen LogP contribution in [0, 0.1) is 0 Å². The fraction of sp³-hybridized carbons (Fsp3) is 0.0638. The fourth-order valence-electron chi connectivity index (χ4n) is 15.2. The van der Waals surface area contributed by atoms with E-state index in [1.54, 1.807) is 14.2 Å². The average molecular weight is 1330 g/mol. The fourth-order valence-corrected chi connectivity index (χ4v) is 16.9. The molecular weight excluding hydrogens is 1250 g/mol. The largest absolute Gasteiger partial charge is 0.497 e. The van der Waals surface area contributed by atoms with Gasteiger partial charge in [-0.05, 0) is 221 Å². The van der Waals surface area contributed by atoms with Crippen LogP contribution >= 0.6 is 23.5 Å².